The maximum absolute atomic E-state index is 4.70. The number of hydrogen-bond acceptors (Lipinski definition) is 3. The van der Waals surface area contributed by atoms with Gasteiger partial charge in [-0.15, -0.1) is 0 Å². The summed E-state index contributed by atoms with van der Waals surface area (Å²) in [6.07, 6.45) is 3.46. The van der Waals surface area contributed by atoms with Gasteiger partial charge >= 0.3 is 0 Å². The van der Waals surface area contributed by atoms with Crippen molar-refractivity contribution in [2.24, 2.45) is 0 Å². The van der Waals surface area contributed by atoms with Crippen LogP contribution in [0.1, 0.15) is 50.9 Å². The summed E-state index contributed by atoms with van der Waals surface area (Å²) < 4.78 is 0. The lowest BCUT2D eigenvalue weighted by Gasteiger charge is -2.12. The standard InChI is InChI=1S/C13H17N3/c1-8(2)10-7-11-13(15-6-5-14-11)12(16-10)9(3)4/h5-9H,1-4H3. The summed E-state index contributed by atoms with van der Waals surface area (Å²) in [5.41, 5.74) is 4.03. The van der Waals surface area contributed by atoms with E-state index in [1.54, 1.807) is 12.4 Å². The van der Waals surface area contributed by atoms with Crippen molar-refractivity contribution in [2.75, 3.05) is 0 Å². The van der Waals surface area contributed by atoms with Crippen molar-refractivity contribution in [1.29, 1.82) is 0 Å². The molecule has 3 heteroatoms. The van der Waals surface area contributed by atoms with Crippen molar-refractivity contribution >= 4 is 11.0 Å². The second-order valence-corrected chi connectivity index (χ2v) is 4.67. The van der Waals surface area contributed by atoms with Gasteiger partial charge in [-0.1, -0.05) is 27.7 Å². The van der Waals surface area contributed by atoms with Crippen LogP contribution >= 0.6 is 0 Å². The van der Waals surface area contributed by atoms with Crippen molar-refractivity contribution in [1.82, 2.24) is 15.0 Å². The number of rotatable bonds is 2. The Bertz CT molecular complexity index is 504. The van der Waals surface area contributed by atoms with E-state index in [1.165, 1.54) is 0 Å². The molecule has 2 aromatic heterocycles. The molecule has 0 radical (unpaired) electrons. The van der Waals surface area contributed by atoms with Crippen molar-refractivity contribution in [3.63, 3.8) is 0 Å². The number of nitrogens with zero attached hydrogens (tertiary/aromatic N) is 3. The van der Waals surface area contributed by atoms with Gasteiger partial charge < -0.3 is 0 Å². The Hall–Kier alpha value is -1.51. The van der Waals surface area contributed by atoms with Crippen molar-refractivity contribution in [3.05, 3.63) is 29.8 Å². The number of aromatic nitrogens is 3. The molecule has 0 saturated heterocycles. The highest BCUT2D eigenvalue weighted by Gasteiger charge is 2.12. The van der Waals surface area contributed by atoms with Gasteiger partial charge in [-0.25, -0.2) is 0 Å². The van der Waals surface area contributed by atoms with Crippen molar-refractivity contribution < 1.29 is 0 Å². The van der Waals surface area contributed by atoms with Gasteiger partial charge in [0.2, 0.25) is 0 Å². The van der Waals surface area contributed by atoms with Crippen LogP contribution in [-0.4, -0.2) is 15.0 Å². The molecule has 2 heterocycles. The lowest BCUT2D eigenvalue weighted by Crippen LogP contribution is -2.02. The Morgan fingerprint density at radius 3 is 2.25 bits per heavy atom. The van der Waals surface area contributed by atoms with Gasteiger partial charge in [0.05, 0.1) is 11.2 Å². The van der Waals surface area contributed by atoms with E-state index in [1.807, 2.05) is 6.07 Å². The summed E-state index contributed by atoms with van der Waals surface area (Å²) in [4.78, 5) is 13.4. The van der Waals surface area contributed by atoms with Gasteiger partial charge in [-0.3, -0.25) is 15.0 Å². The fourth-order valence-corrected chi connectivity index (χ4v) is 1.71. The van der Waals surface area contributed by atoms with E-state index in [9.17, 15) is 0 Å². The highest BCUT2D eigenvalue weighted by atomic mass is 14.8. The zero-order valence-electron chi connectivity index (χ0n) is 10.2. The molecule has 2 aromatic rings. The van der Waals surface area contributed by atoms with Crippen LogP contribution in [0.3, 0.4) is 0 Å². The number of fused-ring (bicyclic) bond motifs is 1. The summed E-state index contributed by atoms with van der Waals surface area (Å²) in [5, 5.41) is 0. The zero-order valence-corrected chi connectivity index (χ0v) is 10.2. The second-order valence-electron chi connectivity index (χ2n) is 4.67. The first-order valence-corrected chi connectivity index (χ1v) is 5.71. The Balaban J connectivity index is 2.74. The summed E-state index contributed by atoms with van der Waals surface area (Å²) in [7, 11) is 0. The Labute approximate surface area is 96.0 Å². The summed E-state index contributed by atoms with van der Waals surface area (Å²) >= 11 is 0. The second kappa shape index (κ2) is 4.16. The van der Waals surface area contributed by atoms with Gasteiger partial charge in [0.1, 0.15) is 5.52 Å². The van der Waals surface area contributed by atoms with E-state index in [0.717, 1.165) is 22.4 Å². The molecule has 0 aliphatic carbocycles. The molecule has 0 saturated carbocycles. The molecule has 0 N–H and O–H groups in total. The molecule has 0 atom stereocenters. The first kappa shape index (κ1) is 11.0. The van der Waals surface area contributed by atoms with E-state index in [0.29, 0.717) is 11.8 Å². The third kappa shape index (κ3) is 1.90. The molecule has 0 aromatic carbocycles. The Morgan fingerprint density at radius 2 is 1.62 bits per heavy atom. The first-order chi connectivity index (χ1) is 7.59. The Kier molecular flexibility index (Phi) is 2.86. The van der Waals surface area contributed by atoms with E-state index in [2.05, 4.69) is 37.7 Å². The molecule has 0 bridgehead atoms. The van der Waals surface area contributed by atoms with Crippen LogP contribution in [0.25, 0.3) is 11.0 Å². The maximum Gasteiger partial charge on any atom is 0.110 e. The quantitative estimate of drug-likeness (QED) is 0.771. The van der Waals surface area contributed by atoms with Crippen molar-refractivity contribution in [2.45, 2.75) is 39.5 Å². The minimum Gasteiger partial charge on any atom is -0.255 e. The molecule has 16 heavy (non-hydrogen) atoms. The summed E-state index contributed by atoms with van der Waals surface area (Å²) in [6.45, 7) is 8.57. The van der Waals surface area contributed by atoms with Crippen molar-refractivity contribution in [3.8, 4) is 0 Å². The molecular formula is C13H17N3. The molecule has 0 spiro atoms. The fraction of sp³-hybridized carbons (Fsp3) is 0.462. The Morgan fingerprint density at radius 1 is 0.938 bits per heavy atom. The van der Waals surface area contributed by atoms with Crippen LogP contribution in [0.5, 0.6) is 0 Å². The normalized spacial score (nSPS) is 11.6. The summed E-state index contributed by atoms with van der Waals surface area (Å²) in [5.74, 6) is 0.793. The molecular weight excluding hydrogens is 198 g/mol. The van der Waals surface area contributed by atoms with Crippen LogP contribution in [-0.2, 0) is 0 Å². The van der Waals surface area contributed by atoms with Crippen LogP contribution in [0.15, 0.2) is 18.5 Å². The average Bonchev–Trinajstić information content (AvgIpc) is 2.27. The van der Waals surface area contributed by atoms with Gasteiger partial charge in [-0.2, -0.15) is 0 Å². The maximum atomic E-state index is 4.70. The fourth-order valence-electron chi connectivity index (χ4n) is 1.71. The SMILES string of the molecule is CC(C)c1cc2nccnc2c(C(C)C)n1. The molecule has 0 unspecified atom stereocenters. The molecule has 3 nitrogen and oxygen atoms in total. The predicted molar refractivity (Wildman–Crippen MR) is 65.5 cm³/mol. The van der Waals surface area contributed by atoms with E-state index in [-0.39, 0.29) is 0 Å². The largest absolute Gasteiger partial charge is 0.255 e. The first-order valence-electron chi connectivity index (χ1n) is 5.71. The molecule has 0 aliphatic heterocycles. The number of hydrogen-bond donors (Lipinski definition) is 0. The van der Waals surface area contributed by atoms with Crippen LogP contribution in [0.2, 0.25) is 0 Å². The molecule has 0 fully saturated rings. The topological polar surface area (TPSA) is 38.7 Å². The lowest BCUT2D eigenvalue weighted by molar-refractivity contribution is 0.771. The van der Waals surface area contributed by atoms with E-state index in [4.69, 9.17) is 4.98 Å². The minimum absolute atomic E-state index is 0.373. The highest BCUT2D eigenvalue weighted by Crippen LogP contribution is 2.24. The van der Waals surface area contributed by atoms with Crippen LogP contribution in [0.4, 0.5) is 0 Å². The zero-order chi connectivity index (χ0) is 11.7. The molecule has 84 valence electrons. The predicted octanol–water partition coefficient (Wildman–Crippen LogP) is 3.27. The third-order valence-corrected chi connectivity index (χ3v) is 2.64. The molecule has 0 amide bonds. The van der Waals surface area contributed by atoms with Crippen LogP contribution in [0, 0.1) is 0 Å². The van der Waals surface area contributed by atoms with Gasteiger partial charge in [0.15, 0.2) is 0 Å². The van der Waals surface area contributed by atoms with Crippen LogP contribution < -0.4 is 0 Å². The van der Waals surface area contributed by atoms with Gasteiger partial charge in [-0.05, 0) is 17.9 Å². The third-order valence-electron chi connectivity index (χ3n) is 2.64. The van der Waals surface area contributed by atoms with Gasteiger partial charge in [0.25, 0.3) is 0 Å². The highest BCUT2D eigenvalue weighted by molar-refractivity contribution is 5.77. The lowest BCUT2D eigenvalue weighted by atomic mass is 10.0. The molecule has 0 aliphatic rings. The molecule has 2 rings (SSSR count). The monoisotopic (exact) mass is 215 g/mol. The van der Waals surface area contributed by atoms with Gasteiger partial charge in [0, 0.05) is 18.1 Å². The summed E-state index contributed by atoms with van der Waals surface area (Å²) in [6, 6.07) is 2.04. The van der Waals surface area contributed by atoms with E-state index >= 15 is 0 Å². The minimum atomic E-state index is 0.373. The average molecular weight is 215 g/mol. The van der Waals surface area contributed by atoms with E-state index < -0.39 is 0 Å². The number of pyridine rings is 1. The smallest absolute Gasteiger partial charge is 0.110 e.